The molecule has 0 aliphatic rings. The van der Waals surface area contributed by atoms with E-state index in [9.17, 15) is 4.79 Å². The van der Waals surface area contributed by atoms with E-state index >= 15 is 0 Å². The van der Waals surface area contributed by atoms with Gasteiger partial charge in [0.15, 0.2) is 5.82 Å². The van der Waals surface area contributed by atoms with Crippen molar-refractivity contribution in [3.63, 3.8) is 0 Å². The van der Waals surface area contributed by atoms with Gasteiger partial charge in [-0.15, -0.1) is 0 Å². The molecule has 6 nitrogen and oxygen atoms in total. The normalized spacial score (nSPS) is 10.9. The van der Waals surface area contributed by atoms with Crippen LogP contribution in [0.4, 0.5) is 0 Å². The van der Waals surface area contributed by atoms with Gasteiger partial charge in [0.1, 0.15) is 5.69 Å². The minimum absolute atomic E-state index is 0.123. The molecule has 2 aromatic heterocycles. The molecule has 3 aromatic rings. The quantitative estimate of drug-likeness (QED) is 0.798. The van der Waals surface area contributed by atoms with Crippen LogP contribution in [0.1, 0.15) is 16.3 Å². The molecule has 0 unspecified atom stereocenters. The van der Waals surface area contributed by atoms with Gasteiger partial charge in [0, 0.05) is 22.4 Å². The average Bonchev–Trinajstić information content (AvgIpc) is 3.06. The number of carbonyl (C=O) groups is 1. The number of aromatic amines is 1. The van der Waals surface area contributed by atoms with Gasteiger partial charge in [-0.2, -0.15) is 4.98 Å². The summed E-state index contributed by atoms with van der Waals surface area (Å²) in [5.74, 6) is 0.349. The fourth-order valence-corrected chi connectivity index (χ4v) is 2.33. The van der Waals surface area contributed by atoms with Crippen molar-refractivity contribution in [2.75, 3.05) is 7.05 Å². The Hall–Kier alpha value is -2.15. The molecule has 0 aliphatic carbocycles. The molecule has 1 N–H and O–H groups in total. The van der Waals surface area contributed by atoms with Gasteiger partial charge in [-0.05, 0) is 18.2 Å². The lowest BCUT2D eigenvalue weighted by Crippen LogP contribution is -2.26. The zero-order chi connectivity index (χ0) is 14.1. The van der Waals surface area contributed by atoms with Crippen molar-refractivity contribution in [3.05, 3.63) is 46.7 Å². The molecule has 0 saturated heterocycles. The van der Waals surface area contributed by atoms with Crippen molar-refractivity contribution in [2.24, 2.45) is 0 Å². The summed E-state index contributed by atoms with van der Waals surface area (Å²) in [5.41, 5.74) is 1.44. The summed E-state index contributed by atoms with van der Waals surface area (Å²) in [5, 5.41) is 4.68. The Balaban J connectivity index is 1.84. The number of hydrogen-bond donors (Lipinski definition) is 1. The summed E-state index contributed by atoms with van der Waals surface area (Å²) in [6.07, 6.45) is 1.24. The molecule has 0 spiro atoms. The maximum atomic E-state index is 12.3. The Morgan fingerprint density at radius 1 is 1.45 bits per heavy atom. The lowest BCUT2D eigenvalue weighted by Gasteiger charge is -2.13. The molecule has 0 atom stereocenters. The van der Waals surface area contributed by atoms with Crippen molar-refractivity contribution in [2.45, 2.75) is 6.54 Å². The smallest absolute Gasteiger partial charge is 0.270 e. The van der Waals surface area contributed by atoms with E-state index in [4.69, 9.17) is 0 Å². The van der Waals surface area contributed by atoms with Crippen LogP contribution in [0.2, 0.25) is 0 Å². The summed E-state index contributed by atoms with van der Waals surface area (Å²) in [4.78, 5) is 20.9. The molecule has 0 fully saturated rings. The van der Waals surface area contributed by atoms with Crippen molar-refractivity contribution in [1.82, 2.24) is 20.0 Å². The van der Waals surface area contributed by atoms with Gasteiger partial charge < -0.3 is 14.4 Å². The highest BCUT2D eigenvalue weighted by atomic mass is 79.9. The molecule has 1 amide bonds. The van der Waals surface area contributed by atoms with Crippen LogP contribution >= 0.6 is 15.9 Å². The molecular weight excluding hydrogens is 324 g/mol. The monoisotopic (exact) mass is 334 g/mol. The maximum Gasteiger partial charge on any atom is 0.270 e. The first kappa shape index (κ1) is 12.9. The van der Waals surface area contributed by atoms with Crippen molar-refractivity contribution in [3.8, 4) is 0 Å². The summed E-state index contributed by atoms with van der Waals surface area (Å²) < 4.78 is 5.61. The number of benzene rings is 1. The number of H-pyrrole nitrogens is 1. The number of hydrogen-bond acceptors (Lipinski definition) is 4. The van der Waals surface area contributed by atoms with E-state index in [0.717, 1.165) is 15.4 Å². The third-order valence-corrected chi connectivity index (χ3v) is 3.44. The second kappa shape index (κ2) is 5.09. The number of amides is 1. The lowest BCUT2D eigenvalue weighted by atomic mass is 10.2. The minimum Gasteiger partial charge on any atom is -0.350 e. The topological polar surface area (TPSA) is 75.0 Å². The van der Waals surface area contributed by atoms with Crippen LogP contribution in [-0.4, -0.2) is 33.0 Å². The van der Waals surface area contributed by atoms with E-state index in [-0.39, 0.29) is 5.91 Å². The average molecular weight is 335 g/mol. The minimum atomic E-state index is -0.123. The fraction of sp³-hybridized carbons (Fsp3) is 0.154. The number of carbonyl (C=O) groups excluding carboxylic acids is 1. The lowest BCUT2D eigenvalue weighted by molar-refractivity contribution is 0.0776. The van der Waals surface area contributed by atoms with Crippen LogP contribution in [0.25, 0.3) is 10.9 Å². The largest absolute Gasteiger partial charge is 0.350 e. The number of nitrogens with zero attached hydrogens (tertiary/aromatic N) is 3. The molecule has 0 aliphatic heterocycles. The van der Waals surface area contributed by atoms with Gasteiger partial charge in [-0.1, -0.05) is 27.2 Å². The van der Waals surface area contributed by atoms with Crippen molar-refractivity contribution in [1.29, 1.82) is 0 Å². The highest BCUT2D eigenvalue weighted by molar-refractivity contribution is 9.10. The second-order valence-corrected chi connectivity index (χ2v) is 5.34. The number of halogens is 1. The molecule has 0 saturated carbocycles. The van der Waals surface area contributed by atoms with Crippen LogP contribution in [-0.2, 0) is 6.54 Å². The van der Waals surface area contributed by atoms with Gasteiger partial charge in [-0.25, -0.2) is 0 Å². The molecular formula is C13H11BrN4O2. The first-order valence-corrected chi connectivity index (χ1v) is 6.72. The first-order valence-electron chi connectivity index (χ1n) is 5.92. The Kier molecular flexibility index (Phi) is 3.27. The number of fused-ring (bicyclic) bond motifs is 1. The van der Waals surface area contributed by atoms with Crippen LogP contribution in [0.3, 0.4) is 0 Å². The number of nitrogens with one attached hydrogen (secondary N) is 1. The van der Waals surface area contributed by atoms with E-state index < -0.39 is 0 Å². The van der Waals surface area contributed by atoms with Crippen LogP contribution in [0, 0.1) is 0 Å². The van der Waals surface area contributed by atoms with Crippen molar-refractivity contribution >= 4 is 32.7 Å². The maximum absolute atomic E-state index is 12.3. The Morgan fingerprint density at radius 2 is 2.30 bits per heavy atom. The fourth-order valence-electron chi connectivity index (χ4n) is 1.97. The van der Waals surface area contributed by atoms with E-state index in [1.165, 1.54) is 11.3 Å². The molecule has 0 radical (unpaired) electrons. The Labute approximate surface area is 122 Å². The summed E-state index contributed by atoms with van der Waals surface area (Å²) in [7, 11) is 1.69. The van der Waals surface area contributed by atoms with Gasteiger partial charge in [0.25, 0.3) is 5.91 Å². The van der Waals surface area contributed by atoms with Crippen LogP contribution in [0.5, 0.6) is 0 Å². The third-order valence-electron chi connectivity index (χ3n) is 2.95. The van der Waals surface area contributed by atoms with E-state index in [1.807, 2.05) is 24.3 Å². The zero-order valence-electron chi connectivity index (χ0n) is 10.6. The molecule has 2 heterocycles. The van der Waals surface area contributed by atoms with Gasteiger partial charge in [0.2, 0.25) is 6.39 Å². The zero-order valence-corrected chi connectivity index (χ0v) is 12.2. The molecule has 3 rings (SSSR count). The molecule has 1 aromatic carbocycles. The Bertz CT molecular complexity index is 751. The molecule has 0 bridgehead atoms. The van der Waals surface area contributed by atoms with Gasteiger partial charge >= 0.3 is 0 Å². The van der Waals surface area contributed by atoms with E-state index in [1.54, 1.807) is 7.05 Å². The highest BCUT2D eigenvalue weighted by Gasteiger charge is 2.16. The predicted molar refractivity (Wildman–Crippen MR) is 76.1 cm³/mol. The van der Waals surface area contributed by atoms with Crippen LogP contribution < -0.4 is 0 Å². The molecule has 7 heteroatoms. The predicted octanol–water partition coefficient (Wildman–Crippen LogP) is 2.59. The standard InChI is InChI=1S/C13H11BrN4O2/c1-18(6-12-15-7-20-17-12)13(19)11-4-8-2-3-9(14)5-10(8)16-11/h2-5,7,16H,6H2,1H3. The first-order chi connectivity index (χ1) is 9.63. The van der Waals surface area contributed by atoms with Crippen molar-refractivity contribution < 1.29 is 9.32 Å². The SMILES string of the molecule is CN(Cc1ncon1)C(=O)c1cc2ccc(Br)cc2[nH]1. The van der Waals surface area contributed by atoms with E-state index in [0.29, 0.717) is 18.1 Å². The summed E-state index contributed by atoms with van der Waals surface area (Å²) >= 11 is 3.41. The van der Waals surface area contributed by atoms with Gasteiger partial charge in [-0.3, -0.25) is 4.79 Å². The third kappa shape index (κ3) is 2.44. The Morgan fingerprint density at radius 3 is 3.05 bits per heavy atom. The second-order valence-electron chi connectivity index (χ2n) is 4.42. The molecule has 20 heavy (non-hydrogen) atoms. The van der Waals surface area contributed by atoms with E-state index in [2.05, 4.69) is 35.6 Å². The van der Waals surface area contributed by atoms with Gasteiger partial charge in [0.05, 0.1) is 6.54 Å². The highest BCUT2D eigenvalue weighted by Crippen LogP contribution is 2.21. The number of aromatic nitrogens is 3. The summed E-state index contributed by atoms with van der Waals surface area (Å²) in [6, 6.07) is 7.65. The van der Waals surface area contributed by atoms with Crippen LogP contribution in [0.15, 0.2) is 39.7 Å². The summed E-state index contributed by atoms with van der Waals surface area (Å²) in [6.45, 7) is 0.300. The molecule has 102 valence electrons. The number of rotatable bonds is 3.